The number of ether oxygens (including phenoxy) is 1. The number of rotatable bonds is 1. The summed E-state index contributed by atoms with van der Waals surface area (Å²) in [6.45, 7) is 1.41. The number of H-pyrrole nitrogens is 1. The minimum Gasteiger partial charge on any atom is -0.484 e. The van der Waals surface area contributed by atoms with Crippen molar-refractivity contribution in [2.45, 2.75) is 18.4 Å². The molecule has 0 unspecified atom stereocenters. The summed E-state index contributed by atoms with van der Waals surface area (Å²) in [5.74, 6) is 0.334. The molecule has 7 heteroatoms. The van der Waals surface area contributed by atoms with E-state index in [9.17, 15) is 14.4 Å². The summed E-state index contributed by atoms with van der Waals surface area (Å²) in [7, 11) is 0. The lowest BCUT2D eigenvalue weighted by atomic mass is 9.90. The number of para-hydroxylation sites is 2. The van der Waals surface area contributed by atoms with E-state index in [0.717, 1.165) is 5.52 Å². The molecule has 0 saturated carbocycles. The number of aromatic amines is 1. The topological polar surface area (TPSA) is 91.5 Å². The number of hydrogen-bond donors (Lipinski definition) is 2. The average molecular weight is 453 g/mol. The highest BCUT2D eigenvalue weighted by molar-refractivity contribution is 6.00. The average Bonchev–Trinajstić information content (AvgIpc) is 3.01. The Balaban J connectivity index is 1.25. The van der Waals surface area contributed by atoms with Crippen LogP contribution in [0.1, 0.15) is 33.6 Å². The summed E-state index contributed by atoms with van der Waals surface area (Å²) in [5, 5.41) is 4.08. The Labute approximate surface area is 195 Å². The minimum atomic E-state index is -0.543. The molecule has 2 aliphatic heterocycles. The molecule has 1 aromatic heterocycles. The van der Waals surface area contributed by atoms with Crippen LogP contribution in [0.3, 0.4) is 0 Å². The first kappa shape index (κ1) is 20.5. The van der Waals surface area contributed by atoms with E-state index < -0.39 is 5.60 Å². The molecule has 3 heterocycles. The molecular formula is C27H23N3O4. The number of carbonyl (C=O) groups excluding carboxylic acids is 2. The van der Waals surface area contributed by atoms with Gasteiger partial charge >= 0.3 is 0 Å². The molecule has 4 aromatic rings. The second-order valence-corrected chi connectivity index (χ2v) is 9.02. The highest BCUT2D eigenvalue weighted by Crippen LogP contribution is 2.33. The number of pyridine rings is 1. The maximum absolute atomic E-state index is 13.3. The Hall–Kier alpha value is -4.13. The first-order valence-corrected chi connectivity index (χ1v) is 11.4. The number of nitrogens with zero attached hydrogens (tertiary/aromatic N) is 1. The lowest BCUT2D eigenvalue weighted by Crippen LogP contribution is -2.54. The van der Waals surface area contributed by atoms with Crippen molar-refractivity contribution in [3.05, 3.63) is 88.1 Å². The van der Waals surface area contributed by atoms with Gasteiger partial charge in [0.1, 0.15) is 11.4 Å². The fourth-order valence-corrected chi connectivity index (χ4v) is 4.98. The van der Waals surface area contributed by atoms with Crippen LogP contribution in [0.15, 0.2) is 71.5 Å². The third-order valence-corrected chi connectivity index (χ3v) is 6.94. The normalized spacial score (nSPS) is 17.2. The quantitative estimate of drug-likeness (QED) is 0.432. The van der Waals surface area contributed by atoms with Gasteiger partial charge in [-0.3, -0.25) is 14.4 Å². The van der Waals surface area contributed by atoms with Crippen LogP contribution in [-0.2, 0) is 0 Å². The molecule has 0 aliphatic carbocycles. The lowest BCUT2D eigenvalue weighted by Gasteiger charge is -2.41. The Kier molecular flexibility index (Phi) is 4.65. The Morgan fingerprint density at radius 3 is 2.47 bits per heavy atom. The van der Waals surface area contributed by atoms with Crippen molar-refractivity contribution in [2.24, 2.45) is 0 Å². The predicted molar refractivity (Wildman–Crippen MR) is 129 cm³/mol. The second kappa shape index (κ2) is 7.73. The molecule has 3 aromatic carbocycles. The Morgan fingerprint density at radius 1 is 0.882 bits per heavy atom. The van der Waals surface area contributed by atoms with Crippen molar-refractivity contribution in [1.29, 1.82) is 0 Å². The molecule has 170 valence electrons. The van der Waals surface area contributed by atoms with E-state index in [0.29, 0.717) is 65.6 Å². The van der Waals surface area contributed by atoms with Crippen LogP contribution < -0.4 is 15.5 Å². The monoisotopic (exact) mass is 453 g/mol. The molecule has 2 N–H and O–H groups in total. The highest BCUT2D eigenvalue weighted by atomic mass is 16.5. The summed E-state index contributed by atoms with van der Waals surface area (Å²) >= 11 is 0. The third-order valence-electron chi connectivity index (χ3n) is 6.94. The summed E-state index contributed by atoms with van der Waals surface area (Å²) in [6, 6.07) is 19.9. The molecule has 1 spiro atoms. The van der Waals surface area contributed by atoms with Crippen LogP contribution in [0.25, 0.3) is 21.8 Å². The van der Waals surface area contributed by atoms with Crippen LogP contribution in [0, 0.1) is 0 Å². The van der Waals surface area contributed by atoms with E-state index in [2.05, 4.69) is 10.3 Å². The van der Waals surface area contributed by atoms with Crippen LogP contribution >= 0.6 is 0 Å². The molecule has 6 rings (SSSR count). The lowest BCUT2D eigenvalue weighted by molar-refractivity contribution is 0.00772. The maximum atomic E-state index is 13.3. The number of aromatic nitrogens is 1. The zero-order valence-electron chi connectivity index (χ0n) is 18.5. The number of likely N-dealkylation sites (tertiary alicyclic amines) is 1. The van der Waals surface area contributed by atoms with Gasteiger partial charge in [0, 0.05) is 53.3 Å². The van der Waals surface area contributed by atoms with Gasteiger partial charge in [0.25, 0.3) is 11.8 Å². The fourth-order valence-electron chi connectivity index (χ4n) is 4.98. The number of piperidine rings is 1. The number of amides is 2. The molecule has 0 radical (unpaired) electrons. The van der Waals surface area contributed by atoms with E-state index in [1.54, 1.807) is 35.2 Å². The number of fused-ring (bicyclic) bond motifs is 3. The Morgan fingerprint density at radius 2 is 1.62 bits per heavy atom. The predicted octanol–water partition coefficient (Wildman–Crippen LogP) is 3.48. The van der Waals surface area contributed by atoms with Gasteiger partial charge in [0.05, 0.1) is 12.1 Å². The summed E-state index contributed by atoms with van der Waals surface area (Å²) in [6.07, 6.45) is 1.21. The van der Waals surface area contributed by atoms with Gasteiger partial charge in [-0.05, 0) is 42.5 Å². The number of nitrogens with one attached hydrogen (secondary N) is 2. The summed E-state index contributed by atoms with van der Waals surface area (Å²) in [4.78, 5) is 43.8. The zero-order chi connectivity index (χ0) is 23.3. The van der Waals surface area contributed by atoms with Crippen molar-refractivity contribution in [2.75, 3.05) is 19.6 Å². The van der Waals surface area contributed by atoms with Gasteiger partial charge < -0.3 is 19.9 Å². The van der Waals surface area contributed by atoms with Crippen molar-refractivity contribution in [3.8, 4) is 5.75 Å². The first-order valence-electron chi connectivity index (χ1n) is 11.4. The fraction of sp³-hybridized carbons (Fsp3) is 0.222. The standard InChI is InChI=1S/C27H23N3O4/c31-24-18-5-1-3-7-21(18)29-22-10-9-17(15-20(22)24)26(33)30-13-11-27(12-14-30)16-28-25(32)19-6-2-4-8-23(19)34-27/h1-10,15H,11-14,16H2,(H,28,32)(H,29,31). The third kappa shape index (κ3) is 3.32. The van der Waals surface area contributed by atoms with Crippen molar-refractivity contribution < 1.29 is 14.3 Å². The number of carbonyl (C=O) groups is 2. The molecular weight excluding hydrogens is 430 g/mol. The van der Waals surface area contributed by atoms with E-state index in [1.165, 1.54) is 0 Å². The first-order chi connectivity index (χ1) is 16.5. The molecule has 34 heavy (non-hydrogen) atoms. The number of hydrogen-bond acceptors (Lipinski definition) is 4. The maximum Gasteiger partial charge on any atom is 0.255 e. The van der Waals surface area contributed by atoms with Crippen LogP contribution in [0.2, 0.25) is 0 Å². The molecule has 7 nitrogen and oxygen atoms in total. The minimum absolute atomic E-state index is 0.0853. The summed E-state index contributed by atoms with van der Waals surface area (Å²) < 4.78 is 6.34. The van der Waals surface area contributed by atoms with Crippen molar-refractivity contribution in [1.82, 2.24) is 15.2 Å². The van der Waals surface area contributed by atoms with Crippen molar-refractivity contribution in [3.63, 3.8) is 0 Å². The van der Waals surface area contributed by atoms with Crippen LogP contribution in [0.5, 0.6) is 5.75 Å². The van der Waals surface area contributed by atoms with Gasteiger partial charge in [0.2, 0.25) is 0 Å². The molecule has 2 aliphatic rings. The second-order valence-electron chi connectivity index (χ2n) is 9.02. The van der Waals surface area contributed by atoms with Gasteiger partial charge in [-0.25, -0.2) is 0 Å². The van der Waals surface area contributed by atoms with Gasteiger partial charge in [-0.1, -0.05) is 24.3 Å². The van der Waals surface area contributed by atoms with E-state index in [4.69, 9.17) is 4.74 Å². The highest BCUT2D eigenvalue weighted by Gasteiger charge is 2.41. The molecule has 1 saturated heterocycles. The SMILES string of the molecule is O=C1NCC2(CCN(C(=O)c3ccc4[nH]c5ccccc5c(=O)c4c3)CC2)Oc2ccccc21. The van der Waals surface area contributed by atoms with Crippen molar-refractivity contribution >= 4 is 33.6 Å². The number of benzene rings is 3. The van der Waals surface area contributed by atoms with E-state index in [1.807, 2.05) is 36.4 Å². The zero-order valence-corrected chi connectivity index (χ0v) is 18.5. The molecule has 0 bridgehead atoms. The summed E-state index contributed by atoms with van der Waals surface area (Å²) in [5.41, 5.74) is 1.88. The molecule has 1 fully saturated rings. The smallest absolute Gasteiger partial charge is 0.255 e. The van der Waals surface area contributed by atoms with Crippen LogP contribution in [-0.4, -0.2) is 46.9 Å². The largest absolute Gasteiger partial charge is 0.484 e. The van der Waals surface area contributed by atoms with Gasteiger partial charge in [0.15, 0.2) is 5.43 Å². The Bertz CT molecular complexity index is 1520. The van der Waals surface area contributed by atoms with E-state index in [-0.39, 0.29) is 17.2 Å². The van der Waals surface area contributed by atoms with Crippen LogP contribution in [0.4, 0.5) is 0 Å². The molecule has 2 amide bonds. The van der Waals surface area contributed by atoms with E-state index >= 15 is 0 Å². The molecule has 0 atom stereocenters. The van der Waals surface area contributed by atoms with Gasteiger partial charge in [-0.2, -0.15) is 0 Å². The van der Waals surface area contributed by atoms with Gasteiger partial charge in [-0.15, -0.1) is 0 Å².